The lowest BCUT2D eigenvalue weighted by atomic mass is 9.99. The maximum atomic E-state index is 12.6. The van der Waals surface area contributed by atoms with Crippen LogP contribution >= 0.6 is 0 Å². The number of piperidine rings is 1. The lowest BCUT2D eigenvalue weighted by Gasteiger charge is -2.21. The fourth-order valence-corrected chi connectivity index (χ4v) is 3.09. The molecule has 0 aromatic carbocycles. The van der Waals surface area contributed by atoms with Crippen LogP contribution in [-0.4, -0.2) is 32.4 Å². The second-order valence-electron chi connectivity index (χ2n) is 6.14. The fraction of sp³-hybridized carbons (Fsp3) is 0.562. The van der Waals surface area contributed by atoms with Gasteiger partial charge in [0.25, 0.3) is 0 Å². The predicted octanol–water partition coefficient (Wildman–Crippen LogP) is 1.99. The Kier molecular flexibility index (Phi) is 4.94. The summed E-state index contributed by atoms with van der Waals surface area (Å²) < 4.78 is 40.7. The van der Waals surface area contributed by atoms with Gasteiger partial charge in [-0.2, -0.15) is 18.3 Å². The maximum absolute atomic E-state index is 12.6. The molecule has 3 heterocycles. The zero-order chi connectivity index (χ0) is 18.0. The predicted molar refractivity (Wildman–Crippen MR) is 85.3 cm³/mol. The molecule has 0 spiro atoms. The van der Waals surface area contributed by atoms with Gasteiger partial charge in [-0.1, -0.05) is 6.07 Å². The van der Waals surface area contributed by atoms with E-state index in [2.05, 4.69) is 15.4 Å². The van der Waals surface area contributed by atoms with Crippen LogP contribution in [0.3, 0.4) is 0 Å². The average Bonchev–Trinajstić information content (AvgIpc) is 2.91. The summed E-state index contributed by atoms with van der Waals surface area (Å²) in [6.07, 6.45) is -1.34. The van der Waals surface area contributed by atoms with E-state index in [1.807, 2.05) is 6.92 Å². The highest BCUT2D eigenvalue weighted by atomic mass is 19.4. The molecule has 6 nitrogen and oxygen atoms in total. The molecule has 1 saturated heterocycles. The summed E-state index contributed by atoms with van der Waals surface area (Å²) in [4.78, 5) is 16.0. The molecule has 136 valence electrons. The van der Waals surface area contributed by atoms with Crippen molar-refractivity contribution < 1.29 is 13.2 Å². The van der Waals surface area contributed by atoms with Crippen LogP contribution in [0.2, 0.25) is 0 Å². The Morgan fingerprint density at radius 1 is 1.36 bits per heavy atom. The largest absolute Gasteiger partial charge is 0.433 e. The van der Waals surface area contributed by atoms with Gasteiger partial charge in [0.15, 0.2) is 0 Å². The summed E-state index contributed by atoms with van der Waals surface area (Å²) in [6.45, 7) is 4.23. The molecule has 25 heavy (non-hydrogen) atoms. The minimum atomic E-state index is -4.47. The number of rotatable bonds is 4. The van der Waals surface area contributed by atoms with Gasteiger partial charge < -0.3 is 5.32 Å². The van der Waals surface area contributed by atoms with Gasteiger partial charge >= 0.3 is 11.9 Å². The minimum Gasteiger partial charge on any atom is -0.316 e. The molecule has 1 fully saturated rings. The highest BCUT2D eigenvalue weighted by Crippen LogP contribution is 2.27. The summed E-state index contributed by atoms with van der Waals surface area (Å²) in [5.41, 5.74) is -0.691. The van der Waals surface area contributed by atoms with Crippen LogP contribution in [0.1, 0.15) is 42.8 Å². The number of halogens is 3. The first-order chi connectivity index (χ1) is 11.9. The Morgan fingerprint density at radius 3 is 2.72 bits per heavy atom. The number of alkyl halides is 3. The third-order valence-corrected chi connectivity index (χ3v) is 4.38. The highest BCUT2D eigenvalue weighted by Gasteiger charge is 2.32. The summed E-state index contributed by atoms with van der Waals surface area (Å²) in [5.74, 6) is 0.910. The van der Waals surface area contributed by atoms with E-state index in [0.717, 1.165) is 44.0 Å². The van der Waals surface area contributed by atoms with Gasteiger partial charge in [-0.3, -0.25) is 9.55 Å². The van der Waals surface area contributed by atoms with Crippen molar-refractivity contribution in [1.82, 2.24) is 24.6 Å². The van der Waals surface area contributed by atoms with Gasteiger partial charge in [-0.25, -0.2) is 9.48 Å². The maximum Gasteiger partial charge on any atom is 0.433 e. The van der Waals surface area contributed by atoms with Crippen molar-refractivity contribution in [3.63, 3.8) is 0 Å². The van der Waals surface area contributed by atoms with Crippen molar-refractivity contribution in [2.75, 3.05) is 13.1 Å². The Hall–Kier alpha value is -2.16. The number of nitrogens with zero attached hydrogens (tertiary/aromatic N) is 4. The molecule has 0 amide bonds. The highest BCUT2D eigenvalue weighted by molar-refractivity contribution is 5.16. The summed E-state index contributed by atoms with van der Waals surface area (Å²) >= 11 is 0. The molecule has 2 aromatic heterocycles. The van der Waals surface area contributed by atoms with Gasteiger partial charge in [-0.15, -0.1) is 0 Å². The third kappa shape index (κ3) is 3.76. The van der Waals surface area contributed by atoms with Crippen molar-refractivity contribution in [2.24, 2.45) is 0 Å². The minimum absolute atomic E-state index is 0.101. The summed E-state index contributed by atoms with van der Waals surface area (Å²) in [7, 11) is 0. The zero-order valence-corrected chi connectivity index (χ0v) is 13.9. The lowest BCUT2D eigenvalue weighted by molar-refractivity contribution is -0.141. The molecule has 0 aliphatic carbocycles. The zero-order valence-electron chi connectivity index (χ0n) is 13.9. The third-order valence-electron chi connectivity index (χ3n) is 4.38. The first-order valence-corrected chi connectivity index (χ1v) is 8.30. The number of hydrogen-bond acceptors (Lipinski definition) is 4. The van der Waals surface area contributed by atoms with E-state index in [4.69, 9.17) is 0 Å². The molecule has 0 bridgehead atoms. The molecule has 9 heteroatoms. The smallest absolute Gasteiger partial charge is 0.316 e. The van der Waals surface area contributed by atoms with Crippen LogP contribution in [0.25, 0.3) is 0 Å². The number of hydrogen-bond donors (Lipinski definition) is 1. The normalized spacial score (nSPS) is 18.5. The summed E-state index contributed by atoms with van der Waals surface area (Å²) in [5, 5.41) is 7.75. The molecule has 3 rings (SSSR count). The van der Waals surface area contributed by atoms with Crippen molar-refractivity contribution in [3.05, 3.63) is 45.9 Å². The lowest BCUT2D eigenvalue weighted by Crippen LogP contribution is -2.31. The van der Waals surface area contributed by atoms with E-state index in [-0.39, 0.29) is 18.2 Å². The molecule has 0 saturated carbocycles. The molecule has 1 N–H and O–H groups in total. The number of nitrogens with one attached hydrogen (secondary N) is 1. The number of pyridine rings is 1. The first-order valence-electron chi connectivity index (χ1n) is 8.30. The molecular weight excluding hydrogens is 335 g/mol. The number of aromatic nitrogens is 4. The van der Waals surface area contributed by atoms with E-state index < -0.39 is 11.9 Å². The second-order valence-corrected chi connectivity index (χ2v) is 6.14. The van der Waals surface area contributed by atoms with E-state index in [1.165, 1.54) is 10.7 Å². The van der Waals surface area contributed by atoms with Crippen LogP contribution < -0.4 is 11.0 Å². The van der Waals surface area contributed by atoms with Gasteiger partial charge in [0.2, 0.25) is 0 Å². The average molecular weight is 355 g/mol. The Morgan fingerprint density at radius 2 is 2.16 bits per heavy atom. The first kappa shape index (κ1) is 17.7. The van der Waals surface area contributed by atoms with Gasteiger partial charge in [0.05, 0.1) is 6.54 Å². The molecule has 1 atom stereocenters. The van der Waals surface area contributed by atoms with Crippen molar-refractivity contribution >= 4 is 0 Å². The SMILES string of the molecule is CCn1c([C@H]2CCCNC2)nn(Cc2ccc(C(F)(F)F)nc2)c1=O. The quantitative estimate of drug-likeness (QED) is 0.911. The van der Waals surface area contributed by atoms with E-state index in [1.54, 1.807) is 4.57 Å². The Balaban J connectivity index is 1.85. The van der Waals surface area contributed by atoms with Crippen molar-refractivity contribution in [2.45, 2.75) is 44.9 Å². The summed E-state index contributed by atoms with van der Waals surface area (Å²) in [6, 6.07) is 2.25. The van der Waals surface area contributed by atoms with Crippen LogP contribution in [0.15, 0.2) is 23.1 Å². The molecule has 0 unspecified atom stereocenters. The van der Waals surface area contributed by atoms with E-state index in [0.29, 0.717) is 12.1 Å². The molecular formula is C16H20F3N5O. The fourth-order valence-electron chi connectivity index (χ4n) is 3.09. The van der Waals surface area contributed by atoms with Gasteiger partial charge in [-0.05, 0) is 37.9 Å². The standard InChI is InChI=1S/C16H20F3N5O/c1-2-23-14(12-4-3-7-20-9-12)22-24(15(23)25)10-11-5-6-13(21-8-11)16(17,18)19/h5-6,8,12,20H,2-4,7,9-10H2,1H3/t12-/m0/s1. The molecule has 1 aliphatic heterocycles. The van der Waals surface area contributed by atoms with Gasteiger partial charge in [0.1, 0.15) is 11.5 Å². The second kappa shape index (κ2) is 6.99. The van der Waals surface area contributed by atoms with Crippen molar-refractivity contribution in [1.29, 1.82) is 0 Å². The Bertz CT molecular complexity index is 773. The Labute approximate surface area is 142 Å². The van der Waals surface area contributed by atoms with Crippen LogP contribution in [0.5, 0.6) is 0 Å². The monoisotopic (exact) mass is 355 g/mol. The van der Waals surface area contributed by atoms with Crippen LogP contribution in [-0.2, 0) is 19.3 Å². The van der Waals surface area contributed by atoms with E-state index in [9.17, 15) is 18.0 Å². The van der Waals surface area contributed by atoms with Gasteiger partial charge in [0, 0.05) is 25.2 Å². The topological polar surface area (TPSA) is 64.7 Å². The molecule has 0 radical (unpaired) electrons. The molecule has 2 aromatic rings. The van der Waals surface area contributed by atoms with E-state index >= 15 is 0 Å². The van der Waals surface area contributed by atoms with Crippen LogP contribution in [0.4, 0.5) is 13.2 Å². The molecule has 1 aliphatic rings. The van der Waals surface area contributed by atoms with Crippen LogP contribution in [0, 0.1) is 0 Å². The van der Waals surface area contributed by atoms with Crippen molar-refractivity contribution in [3.8, 4) is 0 Å².